The third-order valence-corrected chi connectivity index (χ3v) is 4.45. The summed E-state index contributed by atoms with van der Waals surface area (Å²) < 4.78 is 0. The van der Waals surface area contributed by atoms with E-state index in [2.05, 4.69) is 9.88 Å². The normalized spacial score (nSPS) is 18.7. The molecule has 23 heavy (non-hydrogen) atoms. The molecule has 120 valence electrons. The standard InChI is InChI=1S/C18H21N3O2/c19-17-16(3-1-9-20-17)12-21-10-2-4-15(11-21)13-5-7-14(8-6-13)18(22)23/h1,3,5-9,15H,2,4,10-12H2,(H2,19,20)(H,22,23)/t15-/m0/s1. The molecule has 0 radical (unpaired) electrons. The average molecular weight is 311 g/mol. The van der Waals surface area contributed by atoms with Crippen LogP contribution in [-0.4, -0.2) is 34.0 Å². The Balaban J connectivity index is 1.68. The number of carbonyl (C=O) groups is 1. The number of hydrogen-bond acceptors (Lipinski definition) is 4. The number of nitrogens with two attached hydrogens (primary N) is 1. The predicted octanol–water partition coefficient (Wildman–Crippen LogP) is 2.74. The molecule has 2 heterocycles. The van der Waals surface area contributed by atoms with E-state index in [1.165, 1.54) is 5.56 Å². The van der Waals surface area contributed by atoms with Gasteiger partial charge in [-0.15, -0.1) is 0 Å². The van der Waals surface area contributed by atoms with Gasteiger partial charge in [0.05, 0.1) is 5.56 Å². The van der Waals surface area contributed by atoms with Gasteiger partial charge in [-0.05, 0) is 49.1 Å². The summed E-state index contributed by atoms with van der Waals surface area (Å²) in [6.07, 6.45) is 3.97. The summed E-state index contributed by atoms with van der Waals surface area (Å²) in [6, 6.07) is 11.2. The Morgan fingerprint density at radius 3 is 2.78 bits per heavy atom. The van der Waals surface area contributed by atoms with Crippen LogP contribution in [0, 0.1) is 0 Å². The van der Waals surface area contributed by atoms with Crippen LogP contribution in [0.1, 0.15) is 40.2 Å². The summed E-state index contributed by atoms with van der Waals surface area (Å²) in [6.45, 7) is 2.82. The maximum atomic E-state index is 10.9. The lowest BCUT2D eigenvalue weighted by atomic mass is 9.90. The first kappa shape index (κ1) is 15.5. The second-order valence-corrected chi connectivity index (χ2v) is 6.05. The van der Waals surface area contributed by atoms with Crippen LogP contribution in [0.3, 0.4) is 0 Å². The molecule has 3 rings (SSSR count). The van der Waals surface area contributed by atoms with E-state index in [1.807, 2.05) is 24.3 Å². The van der Waals surface area contributed by atoms with Crippen LogP contribution in [0.2, 0.25) is 0 Å². The SMILES string of the molecule is Nc1ncccc1CN1CCC[C@H](c2ccc(C(=O)O)cc2)C1. The number of aromatic nitrogens is 1. The van der Waals surface area contributed by atoms with E-state index in [0.29, 0.717) is 17.3 Å². The number of aromatic carboxylic acids is 1. The first-order valence-electron chi connectivity index (χ1n) is 7.88. The number of hydrogen-bond donors (Lipinski definition) is 2. The molecular formula is C18H21N3O2. The fourth-order valence-electron chi connectivity index (χ4n) is 3.19. The van der Waals surface area contributed by atoms with Gasteiger partial charge in [0.25, 0.3) is 0 Å². The number of carboxylic acids is 1. The zero-order chi connectivity index (χ0) is 16.2. The Kier molecular flexibility index (Phi) is 4.57. The van der Waals surface area contributed by atoms with Crippen molar-refractivity contribution in [2.45, 2.75) is 25.3 Å². The van der Waals surface area contributed by atoms with Crippen molar-refractivity contribution in [2.24, 2.45) is 0 Å². The lowest BCUT2D eigenvalue weighted by Gasteiger charge is -2.33. The Morgan fingerprint density at radius 2 is 2.09 bits per heavy atom. The molecule has 1 aromatic heterocycles. The summed E-state index contributed by atoms with van der Waals surface area (Å²) in [5.41, 5.74) is 8.54. The van der Waals surface area contributed by atoms with Crippen molar-refractivity contribution in [1.82, 2.24) is 9.88 Å². The molecule has 5 nitrogen and oxygen atoms in total. The van der Waals surface area contributed by atoms with Crippen molar-refractivity contribution >= 4 is 11.8 Å². The minimum Gasteiger partial charge on any atom is -0.478 e. The first-order valence-corrected chi connectivity index (χ1v) is 7.88. The Hall–Kier alpha value is -2.40. The van der Waals surface area contributed by atoms with E-state index in [1.54, 1.807) is 18.3 Å². The lowest BCUT2D eigenvalue weighted by Crippen LogP contribution is -2.34. The van der Waals surface area contributed by atoms with Crippen LogP contribution in [-0.2, 0) is 6.54 Å². The molecule has 2 aromatic rings. The number of likely N-dealkylation sites (tertiary alicyclic amines) is 1. The van der Waals surface area contributed by atoms with Gasteiger partial charge in [-0.3, -0.25) is 4.90 Å². The highest BCUT2D eigenvalue weighted by molar-refractivity contribution is 5.87. The van der Waals surface area contributed by atoms with Crippen molar-refractivity contribution in [2.75, 3.05) is 18.8 Å². The Morgan fingerprint density at radius 1 is 1.30 bits per heavy atom. The average Bonchev–Trinajstić information content (AvgIpc) is 2.57. The van der Waals surface area contributed by atoms with Gasteiger partial charge >= 0.3 is 5.97 Å². The van der Waals surface area contributed by atoms with Crippen LogP contribution in [0.5, 0.6) is 0 Å². The van der Waals surface area contributed by atoms with Crippen LogP contribution in [0.4, 0.5) is 5.82 Å². The predicted molar refractivity (Wildman–Crippen MR) is 89.3 cm³/mol. The van der Waals surface area contributed by atoms with Crippen molar-refractivity contribution in [3.8, 4) is 0 Å². The molecule has 1 aliphatic heterocycles. The fraction of sp³-hybridized carbons (Fsp3) is 0.333. The van der Waals surface area contributed by atoms with E-state index >= 15 is 0 Å². The van der Waals surface area contributed by atoms with Gasteiger partial charge in [-0.25, -0.2) is 9.78 Å². The maximum Gasteiger partial charge on any atom is 0.335 e. The van der Waals surface area contributed by atoms with Gasteiger partial charge in [0.15, 0.2) is 0 Å². The number of benzene rings is 1. The van der Waals surface area contributed by atoms with Crippen LogP contribution in [0.15, 0.2) is 42.6 Å². The van der Waals surface area contributed by atoms with Crippen LogP contribution in [0.25, 0.3) is 0 Å². The van der Waals surface area contributed by atoms with E-state index in [0.717, 1.165) is 38.0 Å². The van der Waals surface area contributed by atoms with E-state index in [9.17, 15) is 4.79 Å². The Bertz CT molecular complexity index is 685. The van der Waals surface area contributed by atoms with Crippen molar-refractivity contribution in [3.63, 3.8) is 0 Å². The number of piperidine rings is 1. The molecule has 5 heteroatoms. The number of carboxylic acid groups (broad SMARTS) is 1. The molecule has 0 saturated carbocycles. The molecular weight excluding hydrogens is 290 g/mol. The maximum absolute atomic E-state index is 10.9. The molecule has 1 fully saturated rings. The van der Waals surface area contributed by atoms with E-state index in [4.69, 9.17) is 10.8 Å². The van der Waals surface area contributed by atoms with Gasteiger partial charge in [-0.2, -0.15) is 0 Å². The van der Waals surface area contributed by atoms with E-state index in [-0.39, 0.29) is 0 Å². The molecule has 0 spiro atoms. The zero-order valence-electron chi connectivity index (χ0n) is 13.0. The molecule has 3 N–H and O–H groups in total. The molecule has 0 amide bonds. The largest absolute Gasteiger partial charge is 0.478 e. The van der Waals surface area contributed by atoms with Crippen LogP contribution >= 0.6 is 0 Å². The zero-order valence-corrected chi connectivity index (χ0v) is 13.0. The molecule has 1 aliphatic rings. The van der Waals surface area contributed by atoms with Gasteiger partial charge in [0, 0.05) is 24.8 Å². The number of pyridine rings is 1. The summed E-state index contributed by atoms with van der Waals surface area (Å²) >= 11 is 0. The van der Waals surface area contributed by atoms with Gasteiger partial charge in [-0.1, -0.05) is 18.2 Å². The summed E-state index contributed by atoms with van der Waals surface area (Å²) in [4.78, 5) is 17.5. The number of nitrogen functional groups attached to an aromatic ring is 1. The van der Waals surface area contributed by atoms with Crippen LogP contribution < -0.4 is 5.73 Å². The number of nitrogens with zero attached hydrogens (tertiary/aromatic N) is 2. The number of anilines is 1. The molecule has 0 aliphatic carbocycles. The quantitative estimate of drug-likeness (QED) is 0.907. The molecule has 1 aromatic carbocycles. The second-order valence-electron chi connectivity index (χ2n) is 6.05. The highest BCUT2D eigenvalue weighted by Crippen LogP contribution is 2.28. The topological polar surface area (TPSA) is 79.5 Å². The second kappa shape index (κ2) is 6.79. The van der Waals surface area contributed by atoms with E-state index < -0.39 is 5.97 Å². The van der Waals surface area contributed by atoms with Crippen molar-refractivity contribution < 1.29 is 9.90 Å². The minimum absolute atomic E-state index is 0.338. The monoisotopic (exact) mass is 311 g/mol. The molecule has 1 atom stereocenters. The minimum atomic E-state index is -0.881. The van der Waals surface area contributed by atoms with Crippen molar-refractivity contribution in [3.05, 3.63) is 59.3 Å². The molecule has 0 bridgehead atoms. The fourth-order valence-corrected chi connectivity index (χ4v) is 3.19. The first-order chi connectivity index (χ1) is 11.1. The molecule has 0 unspecified atom stereocenters. The summed E-state index contributed by atoms with van der Waals surface area (Å²) in [5, 5.41) is 8.99. The van der Waals surface area contributed by atoms with Gasteiger partial charge in [0.2, 0.25) is 0 Å². The lowest BCUT2D eigenvalue weighted by molar-refractivity contribution is 0.0697. The third kappa shape index (κ3) is 3.68. The van der Waals surface area contributed by atoms with Gasteiger partial charge < -0.3 is 10.8 Å². The highest BCUT2D eigenvalue weighted by atomic mass is 16.4. The van der Waals surface area contributed by atoms with Gasteiger partial charge in [0.1, 0.15) is 5.82 Å². The smallest absolute Gasteiger partial charge is 0.335 e. The number of rotatable bonds is 4. The highest BCUT2D eigenvalue weighted by Gasteiger charge is 2.22. The Labute approximate surface area is 135 Å². The summed E-state index contributed by atoms with van der Waals surface area (Å²) in [5.74, 6) is 0.152. The van der Waals surface area contributed by atoms with Crippen molar-refractivity contribution in [1.29, 1.82) is 0 Å². The summed E-state index contributed by atoms with van der Waals surface area (Å²) in [7, 11) is 0. The molecule has 1 saturated heterocycles. The third-order valence-electron chi connectivity index (χ3n) is 4.45.